The lowest BCUT2D eigenvalue weighted by atomic mass is 10.1. The second-order valence-electron chi connectivity index (χ2n) is 3.43. The smallest absolute Gasteiger partial charge is 0.240 e. The fourth-order valence-electron chi connectivity index (χ4n) is 1.50. The summed E-state index contributed by atoms with van der Waals surface area (Å²) < 4.78 is 39.9. The predicted octanol–water partition coefficient (Wildman–Crippen LogP) is 3.79. The Hall–Kier alpha value is -1.30. The first-order valence-electron chi connectivity index (χ1n) is 4.78. The average Bonchev–Trinajstić information content (AvgIpc) is 2.80. The number of nitrogens with zero attached hydrogens (tertiary/aromatic N) is 2. The molecule has 2 nitrogen and oxygen atoms in total. The third-order valence-electron chi connectivity index (χ3n) is 2.27. The maximum absolute atomic E-state index is 12.9. The van der Waals surface area contributed by atoms with Crippen LogP contribution >= 0.6 is 15.9 Å². The van der Waals surface area contributed by atoms with E-state index in [2.05, 4.69) is 21.0 Å². The van der Waals surface area contributed by atoms with E-state index in [1.807, 2.05) is 0 Å². The number of benzene rings is 1. The van der Waals surface area contributed by atoms with Gasteiger partial charge in [0.05, 0.1) is 11.3 Å². The Bertz CT molecular complexity index is 506. The number of hydrogen-bond donors (Lipinski definition) is 0. The van der Waals surface area contributed by atoms with Gasteiger partial charge in [-0.2, -0.15) is 18.3 Å². The van der Waals surface area contributed by atoms with Crippen LogP contribution in [0.1, 0.15) is 11.1 Å². The quantitative estimate of drug-likeness (QED) is 0.772. The maximum Gasteiger partial charge on any atom is 0.418 e. The van der Waals surface area contributed by atoms with Crippen LogP contribution in [-0.4, -0.2) is 9.78 Å². The number of halogens is 4. The molecule has 0 amide bonds. The Morgan fingerprint density at radius 3 is 2.59 bits per heavy atom. The van der Waals surface area contributed by atoms with Crippen molar-refractivity contribution in [2.24, 2.45) is 0 Å². The molecule has 0 aliphatic carbocycles. The summed E-state index contributed by atoms with van der Waals surface area (Å²) in [4.78, 5) is 0. The molecule has 0 saturated carbocycles. The second-order valence-corrected chi connectivity index (χ2v) is 3.99. The fraction of sp³-hybridized carbons (Fsp3) is 0.182. The standard InChI is InChI=1S/C11H8BrF3N2/c12-7-8-2-3-10(17-5-1-4-16-17)9(6-8)11(13,14)15/h1-6H,7H2. The molecule has 0 radical (unpaired) electrons. The van der Waals surface area contributed by atoms with Crippen molar-refractivity contribution in [2.45, 2.75) is 11.5 Å². The minimum absolute atomic E-state index is 0.0344. The Labute approximate surface area is 104 Å². The Morgan fingerprint density at radius 2 is 2.06 bits per heavy atom. The summed E-state index contributed by atoms with van der Waals surface area (Å²) in [7, 11) is 0. The molecule has 0 aliphatic rings. The summed E-state index contributed by atoms with van der Waals surface area (Å²) in [6.07, 6.45) is -1.46. The highest BCUT2D eigenvalue weighted by Crippen LogP contribution is 2.34. The van der Waals surface area contributed by atoms with E-state index in [1.54, 1.807) is 12.1 Å². The third-order valence-corrected chi connectivity index (χ3v) is 2.92. The molecule has 0 N–H and O–H groups in total. The minimum atomic E-state index is -4.39. The van der Waals surface area contributed by atoms with Crippen LogP contribution in [0.2, 0.25) is 0 Å². The molecule has 0 atom stereocenters. The van der Waals surface area contributed by atoms with Gasteiger partial charge in [-0.3, -0.25) is 0 Å². The molecule has 1 aromatic heterocycles. The van der Waals surface area contributed by atoms with Crippen molar-refractivity contribution >= 4 is 15.9 Å². The highest BCUT2D eigenvalue weighted by Gasteiger charge is 2.34. The highest BCUT2D eigenvalue weighted by atomic mass is 79.9. The predicted molar refractivity (Wildman–Crippen MR) is 61.2 cm³/mol. The molecule has 0 aliphatic heterocycles. The van der Waals surface area contributed by atoms with Gasteiger partial charge in [-0.25, -0.2) is 4.68 Å². The van der Waals surface area contributed by atoms with Crippen molar-refractivity contribution in [1.29, 1.82) is 0 Å². The fourth-order valence-corrected chi connectivity index (χ4v) is 1.85. The minimum Gasteiger partial charge on any atom is -0.240 e. The summed E-state index contributed by atoms with van der Waals surface area (Å²) in [5, 5.41) is 4.21. The van der Waals surface area contributed by atoms with Crippen LogP contribution in [0.5, 0.6) is 0 Å². The summed E-state index contributed by atoms with van der Waals surface area (Å²) in [5.41, 5.74) is -0.0708. The number of rotatable bonds is 2. The number of hydrogen-bond acceptors (Lipinski definition) is 1. The summed E-state index contributed by atoms with van der Waals surface area (Å²) >= 11 is 3.14. The lowest BCUT2D eigenvalue weighted by Gasteiger charge is -2.13. The molecule has 1 aromatic carbocycles. The molecule has 2 aromatic rings. The van der Waals surface area contributed by atoms with E-state index in [1.165, 1.54) is 23.1 Å². The first-order chi connectivity index (χ1) is 8.02. The van der Waals surface area contributed by atoms with Crippen LogP contribution in [0.3, 0.4) is 0 Å². The topological polar surface area (TPSA) is 17.8 Å². The molecule has 17 heavy (non-hydrogen) atoms. The number of aromatic nitrogens is 2. The van der Waals surface area contributed by atoms with Crippen LogP contribution in [0.25, 0.3) is 5.69 Å². The monoisotopic (exact) mass is 304 g/mol. The third kappa shape index (κ3) is 2.52. The average molecular weight is 305 g/mol. The van der Waals surface area contributed by atoms with E-state index < -0.39 is 11.7 Å². The molecular formula is C11H8BrF3N2. The zero-order chi connectivity index (χ0) is 12.5. The van der Waals surface area contributed by atoms with E-state index in [0.717, 1.165) is 6.07 Å². The Kier molecular flexibility index (Phi) is 3.24. The zero-order valence-corrected chi connectivity index (χ0v) is 10.2. The largest absolute Gasteiger partial charge is 0.418 e. The maximum atomic E-state index is 12.9. The zero-order valence-electron chi connectivity index (χ0n) is 8.58. The molecule has 90 valence electrons. The van der Waals surface area contributed by atoms with Gasteiger partial charge in [0, 0.05) is 17.7 Å². The molecule has 0 saturated heterocycles. The van der Waals surface area contributed by atoms with Gasteiger partial charge < -0.3 is 0 Å². The summed E-state index contributed by atoms with van der Waals surface area (Å²) in [5.74, 6) is 0. The van der Waals surface area contributed by atoms with E-state index >= 15 is 0 Å². The molecule has 6 heteroatoms. The first kappa shape index (κ1) is 12.2. The van der Waals surface area contributed by atoms with Crippen molar-refractivity contribution in [3.63, 3.8) is 0 Å². The normalized spacial score (nSPS) is 11.8. The van der Waals surface area contributed by atoms with Gasteiger partial charge in [0.1, 0.15) is 0 Å². The van der Waals surface area contributed by atoms with Gasteiger partial charge >= 0.3 is 6.18 Å². The molecule has 0 bridgehead atoms. The molecule has 1 heterocycles. The van der Waals surface area contributed by atoms with Crippen LogP contribution in [0.15, 0.2) is 36.7 Å². The van der Waals surface area contributed by atoms with E-state index in [-0.39, 0.29) is 5.69 Å². The lowest BCUT2D eigenvalue weighted by Crippen LogP contribution is -2.11. The van der Waals surface area contributed by atoms with Crippen molar-refractivity contribution in [3.05, 3.63) is 47.8 Å². The van der Waals surface area contributed by atoms with Gasteiger partial charge in [0.2, 0.25) is 0 Å². The van der Waals surface area contributed by atoms with Gasteiger partial charge in [0.15, 0.2) is 0 Å². The van der Waals surface area contributed by atoms with E-state index in [0.29, 0.717) is 10.9 Å². The first-order valence-corrected chi connectivity index (χ1v) is 5.90. The van der Waals surface area contributed by atoms with Crippen molar-refractivity contribution < 1.29 is 13.2 Å². The van der Waals surface area contributed by atoms with Crippen molar-refractivity contribution in [2.75, 3.05) is 0 Å². The van der Waals surface area contributed by atoms with Crippen LogP contribution in [0, 0.1) is 0 Å². The number of alkyl halides is 4. The summed E-state index contributed by atoms with van der Waals surface area (Å²) in [6, 6.07) is 5.78. The molecular weight excluding hydrogens is 297 g/mol. The molecule has 0 fully saturated rings. The molecule has 0 unspecified atom stereocenters. The lowest BCUT2D eigenvalue weighted by molar-refractivity contribution is -0.137. The van der Waals surface area contributed by atoms with E-state index in [4.69, 9.17) is 0 Å². The Balaban J connectivity index is 2.59. The van der Waals surface area contributed by atoms with Gasteiger partial charge in [-0.15, -0.1) is 0 Å². The summed E-state index contributed by atoms with van der Waals surface area (Å²) in [6.45, 7) is 0. The van der Waals surface area contributed by atoms with E-state index in [9.17, 15) is 13.2 Å². The Morgan fingerprint density at radius 1 is 1.29 bits per heavy atom. The van der Waals surface area contributed by atoms with Crippen LogP contribution < -0.4 is 0 Å². The van der Waals surface area contributed by atoms with Crippen LogP contribution in [-0.2, 0) is 11.5 Å². The second kappa shape index (κ2) is 4.52. The molecule has 0 spiro atoms. The van der Waals surface area contributed by atoms with Crippen molar-refractivity contribution in [3.8, 4) is 5.69 Å². The SMILES string of the molecule is FC(F)(F)c1cc(CBr)ccc1-n1cccn1. The van der Waals surface area contributed by atoms with Gasteiger partial charge in [0.25, 0.3) is 0 Å². The van der Waals surface area contributed by atoms with Gasteiger partial charge in [-0.05, 0) is 23.8 Å². The van der Waals surface area contributed by atoms with Crippen molar-refractivity contribution in [1.82, 2.24) is 9.78 Å². The van der Waals surface area contributed by atoms with Gasteiger partial charge in [-0.1, -0.05) is 22.0 Å². The van der Waals surface area contributed by atoms with Crippen LogP contribution in [0.4, 0.5) is 13.2 Å². The highest BCUT2D eigenvalue weighted by molar-refractivity contribution is 9.08. The molecule has 2 rings (SSSR count).